The second-order valence-corrected chi connectivity index (χ2v) is 5.11. The average Bonchev–Trinajstić information content (AvgIpc) is 2.87. The molecule has 2 rings (SSSR count). The van der Waals surface area contributed by atoms with E-state index in [-0.39, 0.29) is 5.91 Å². The molecule has 0 aliphatic carbocycles. The quantitative estimate of drug-likeness (QED) is 0.863. The van der Waals surface area contributed by atoms with Gasteiger partial charge in [0.15, 0.2) is 5.69 Å². The fourth-order valence-electron chi connectivity index (χ4n) is 2.37. The molecule has 6 heteroatoms. The molecule has 1 aliphatic rings. The van der Waals surface area contributed by atoms with Gasteiger partial charge in [-0.1, -0.05) is 0 Å². The van der Waals surface area contributed by atoms with Crippen molar-refractivity contribution in [2.75, 3.05) is 34.2 Å². The first kappa shape index (κ1) is 14.0. The van der Waals surface area contributed by atoms with Crippen LogP contribution in [0.5, 0.6) is 0 Å². The zero-order valence-corrected chi connectivity index (χ0v) is 11.8. The smallest absolute Gasteiger partial charge is 0.275 e. The topological polar surface area (TPSA) is 61.6 Å². The summed E-state index contributed by atoms with van der Waals surface area (Å²) >= 11 is 0. The van der Waals surface area contributed by atoms with Gasteiger partial charge in [-0.2, -0.15) is 0 Å². The molecule has 0 saturated carbocycles. The summed E-state index contributed by atoms with van der Waals surface area (Å²) in [6.45, 7) is 2.60. The van der Waals surface area contributed by atoms with Crippen molar-refractivity contribution in [1.29, 1.82) is 0 Å². The summed E-state index contributed by atoms with van der Waals surface area (Å²) in [5.74, 6) is 0.489. The summed E-state index contributed by atoms with van der Waals surface area (Å²) in [5, 5.41) is 2.95. The highest BCUT2D eigenvalue weighted by Gasteiger charge is 2.26. The molecule has 19 heavy (non-hydrogen) atoms. The normalized spacial score (nSPS) is 17.6. The standard InChI is InChI=1S/C13H22N4O2/c1-14-8-12-15-11(9-19-12)13(18)17(3)10-4-6-16(2)7-5-10/h9-10,14H,4-8H2,1-3H3. The number of aromatic nitrogens is 1. The van der Waals surface area contributed by atoms with Crippen LogP contribution >= 0.6 is 0 Å². The number of nitrogens with zero attached hydrogens (tertiary/aromatic N) is 3. The van der Waals surface area contributed by atoms with Gasteiger partial charge in [0, 0.05) is 13.1 Å². The minimum Gasteiger partial charge on any atom is -0.447 e. The van der Waals surface area contributed by atoms with Gasteiger partial charge in [0.1, 0.15) is 6.26 Å². The second kappa shape index (κ2) is 6.16. The van der Waals surface area contributed by atoms with E-state index in [4.69, 9.17) is 4.42 Å². The molecular formula is C13H22N4O2. The molecule has 1 saturated heterocycles. The van der Waals surface area contributed by atoms with Crippen LogP contribution in [0.1, 0.15) is 29.2 Å². The van der Waals surface area contributed by atoms with Crippen molar-refractivity contribution in [3.8, 4) is 0 Å². The SMILES string of the molecule is CNCc1nc(C(=O)N(C)C2CCN(C)CC2)co1. The molecule has 0 aromatic carbocycles. The summed E-state index contributed by atoms with van der Waals surface area (Å²) in [4.78, 5) is 20.6. The Hall–Kier alpha value is -1.40. The molecule has 1 amide bonds. The number of rotatable bonds is 4. The largest absolute Gasteiger partial charge is 0.447 e. The molecule has 1 aromatic rings. The van der Waals surface area contributed by atoms with Gasteiger partial charge < -0.3 is 19.5 Å². The lowest BCUT2D eigenvalue weighted by Gasteiger charge is -2.34. The first-order valence-electron chi connectivity index (χ1n) is 6.66. The van der Waals surface area contributed by atoms with Crippen LogP contribution in [0.25, 0.3) is 0 Å². The van der Waals surface area contributed by atoms with Crippen LogP contribution in [0.4, 0.5) is 0 Å². The Labute approximate surface area is 113 Å². The molecule has 2 heterocycles. The maximum Gasteiger partial charge on any atom is 0.275 e. The van der Waals surface area contributed by atoms with E-state index in [0.717, 1.165) is 25.9 Å². The number of carbonyl (C=O) groups excluding carboxylic acids is 1. The van der Waals surface area contributed by atoms with E-state index in [0.29, 0.717) is 24.2 Å². The Kier molecular flexibility index (Phi) is 4.55. The minimum atomic E-state index is -0.0549. The zero-order valence-electron chi connectivity index (χ0n) is 11.8. The summed E-state index contributed by atoms with van der Waals surface area (Å²) in [5.41, 5.74) is 0.395. The van der Waals surface area contributed by atoms with E-state index in [9.17, 15) is 4.79 Å². The lowest BCUT2D eigenvalue weighted by atomic mass is 10.0. The van der Waals surface area contributed by atoms with E-state index in [1.54, 1.807) is 4.90 Å². The highest BCUT2D eigenvalue weighted by Crippen LogP contribution is 2.16. The lowest BCUT2D eigenvalue weighted by molar-refractivity contribution is 0.0653. The van der Waals surface area contributed by atoms with Crippen molar-refractivity contribution in [1.82, 2.24) is 20.1 Å². The lowest BCUT2D eigenvalue weighted by Crippen LogP contribution is -2.44. The maximum atomic E-state index is 12.3. The fraction of sp³-hybridized carbons (Fsp3) is 0.692. The van der Waals surface area contributed by atoms with Gasteiger partial charge in [0.2, 0.25) is 5.89 Å². The predicted molar refractivity (Wildman–Crippen MR) is 71.9 cm³/mol. The number of piperidine rings is 1. The van der Waals surface area contributed by atoms with Crippen LogP contribution in [0.15, 0.2) is 10.7 Å². The van der Waals surface area contributed by atoms with E-state index < -0.39 is 0 Å². The number of oxazole rings is 1. The Morgan fingerprint density at radius 2 is 2.26 bits per heavy atom. The molecule has 0 atom stereocenters. The third-order valence-corrected chi connectivity index (χ3v) is 3.66. The second-order valence-electron chi connectivity index (χ2n) is 5.11. The highest BCUT2D eigenvalue weighted by atomic mass is 16.3. The molecule has 0 unspecified atom stereocenters. The van der Waals surface area contributed by atoms with Crippen LogP contribution in [0.3, 0.4) is 0 Å². The molecule has 1 fully saturated rings. The van der Waals surface area contributed by atoms with Gasteiger partial charge in [0.25, 0.3) is 5.91 Å². The third kappa shape index (κ3) is 3.33. The summed E-state index contributed by atoms with van der Waals surface area (Å²) in [6, 6.07) is 0.299. The number of likely N-dealkylation sites (tertiary alicyclic amines) is 1. The summed E-state index contributed by atoms with van der Waals surface area (Å²) in [7, 11) is 5.78. The van der Waals surface area contributed by atoms with Crippen molar-refractivity contribution in [2.24, 2.45) is 0 Å². The van der Waals surface area contributed by atoms with E-state index in [1.807, 2.05) is 14.1 Å². The number of amides is 1. The molecule has 0 bridgehead atoms. The van der Waals surface area contributed by atoms with E-state index in [1.165, 1.54) is 6.26 Å². The first-order valence-corrected chi connectivity index (χ1v) is 6.66. The van der Waals surface area contributed by atoms with Gasteiger partial charge >= 0.3 is 0 Å². The number of hydrogen-bond acceptors (Lipinski definition) is 5. The number of hydrogen-bond donors (Lipinski definition) is 1. The Balaban J connectivity index is 1.97. The van der Waals surface area contributed by atoms with Gasteiger partial charge in [-0.15, -0.1) is 0 Å². The van der Waals surface area contributed by atoms with Gasteiger partial charge in [0.05, 0.1) is 6.54 Å². The average molecular weight is 266 g/mol. The van der Waals surface area contributed by atoms with E-state index >= 15 is 0 Å². The van der Waals surface area contributed by atoms with Crippen molar-refractivity contribution in [2.45, 2.75) is 25.4 Å². The van der Waals surface area contributed by atoms with Crippen LogP contribution in [-0.2, 0) is 6.54 Å². The fourth-order valence-corrected chi connectivity index (χ4v) is 2.37. The molecule has 1 aromatic heterocycles. The Morgan fingerprint density at radius 1 is 1.58 bits per heavy atom. The van der Waals surface area contributed by atoms with Crippen molar-refractivity contribution in [3.63, 3.8) is 0 Å². The van der Waals surface area contributed by atoms with Crippen molar-refractivity contribution >= 4 is 5.91 Å². The first-order chi connectivity index (χ1) is 9.11. The molecule has 6 nitrogen and oxygen atoms in total. The molecular weight excluding hydrogens is 244 g/mol. The summed E-state index contributed by atoms with van der Waals surface area (Å²) in [6.07, 6.45) is 3.47. The van der Waals surface area contributed by atoms with Gasteiger partial charge in [-0.25, -0.2) is 4.98 Å². The summed E-state index contributed by atoms with van der Waals surface area (Å²) < 4.78 is 5.25. The third-order valence-electron chi connectivity index (χ3n) is 3.66. The van der Waals surface area contributed by atoms with Crippen LogP contribution in [-0.4, -0.2) is 61.0 Å². The van der Waals surface area contributed by atoms with E-state index in [2.05, 4.69) is 22.2 Å². The van der Waals surface area contributed by atoms with Crippen molar-refractivity contribution < 1.29 is 9.21 Å². The number of nitrogens with one attached hydrogen (secondary N) is 1. The zero-order chi connectivity index (χ0) is 13.8. The van der Waals surface area contributed by atoms with Gasteiger partial charge in [-0.3, -0.25) is 4.79 Å². The highest BCUT2D eigenvalue weighted by molar-refractivity contribution is 5.92. The van der Waals surface area contributed by atoms with Gasteiger partial charge in [-0.05, 0) is 40.0 Å². The predicted octanol–water partition coefficient (Wildman–Crippen LogP) is 0.560. The van der Waals surface area contributed by atoms with Crippen LogP contribution in [0.2, 0.25) is 0 Å². The van der Waals surface area contributed by atoms with Crippen LogP contribution in [0, 0.1) is 0 Å². The van der Waals surface area contributed by atoms with Crippen molar-refractivity contribution in [3.05, 3.63) is 17.8 Å². The van der Waals surface area contributed by atoms with Crippen LogP contribution < -0.4 is 5.32 Å². The molecule has 1 N–H and O–H groups in total. The molecule has 0 radical (unpaired) electrons. The number of carbonyl (C=O) groups is 1. The Bertz CT molecular complexity index is 424. The molecule has 0 spiro atoms. The Morgan fingerprint density at radius 3 is 2.89 bits per heavy atom. The maximum absolute atomic E-state index is 12.3. The molecule has 1 aliphatic heterocycles. The minimum absolute atomic E-state index is 0.0549. The monoisotopic (exact) mass is 266 g/mol. The molecule has 106 valence electrons.